The number of carbonyl (C=O) groups is 1. The van der Waals surface area contributed by atoms with E-state index >= 15 is 0 Å². The number of Topliss-reactive ketones (excluding diaryl/α,β-unsaturated/α-hetero) is 1. The van der Waals surface area contributed by atoms with Gasteiger partial charge in [-0.3, -0.25) is 4.79 Å². The highest BCUT2D eigenvalue weighted by Crippen LogP contribution is 2.22. The molecule has 4 nitrogen and oxygen atoms in total. The minimum Gasteiger partial charge on any atom is -0.312 e. The van der Waals surface area contributed by atoms with Gasteiger partial charge in [0, 0.05) is 31.0 Å². The number of hydrogen-bond donors (Lipinski definition) is 1. The molecule has 8 heteroatoms. The summed E-state index contributed by atoms with van der Waals surface area (Å²) in [6.07, 6.45) is -0.458. The number of benzene rings is 1. The average Bonchev–Trinajstić information content (AvgIpc) is 2.38. The summed E-state index contributed by atoms with van der Waals surface area (Å²) in [7, 11) is -3.14. The van der Waals surface area contributed by atoms with Gasteiger partial charge in [0.2, 0.25) is 0 Å². The lowest BCUT2D eigenvalue weighted by Gasteiger charge is -2.23. The van der Waals surface area contributed by atoms with Gasteiger partial charge in [0.05, 0.1) is 16.0 Å². The first-order valence-electron chi connectivity index (χ1n) is 6.36. The lowest BCUT2D eigenvalue weighted by atomic mass is 10.0. The molecule has 1 aliphatic rings. The average molecular weight is 382 g/mol. The molecular formula is C13H14BrF2NO3S. The normalized spacial score (nSPS) is 21.2. The molecule has 1 unspecified atom stereocenters. The van der Waals surface area contributed by atoms with Crippen molar-refractivity contribution in [3.8, 4) is 0 Å². The number of carbonyl (C=O) groups excluding carboxylic acids is 1. The van der Waals surface area contributed by atoms with Crippen molar-refractivity contribution in [1.29, 1.82) is 0 Å². The maximum atomic E-state index is 13.8. The predicted molar refractivity (Wildman–Crippen MR) is 77.8 cm³/mol. The Balaban J connectivity index is 2.04. The number of nitrogens with one attached hydrogen (secondary N) is 1. The Labute approximate surface area is 130 Å². The summed E-state index contributed by atoms with van der Waals surface area (Å²) in [5.74, 6) is -2.06. The van der Waals surface area contributed by atoms with E-state index in [4.69, 9.17) is 0 Å². The Kier molecular flexibility index (Phi) is 5.11. The first-order valence-corrected chi connectivity index (χ1v) is 8.98. The topological polar surface area (TPSA) is 63.2 Å². The standard InChI is InChI=1S/C13H14BrF2NO3S/c14-11-1-2-12(15)10(13(11)16)6-9(18)5-8-7-21(19,20)4-3-17-8/h1-2,8,17H,3-7H2. The van der Waals surface area contributed by atoms with Crippen molar-refractivity contribution in [3.05, 3.63) is 33.8 Å². The molecule has 1 aliphatic heterocycles. The number of halogens is 3. The number of sulfone groups is 1. The molecule has 2 rings (SSSR count). The second-order valence-corrected chi connectivity index (χ2v) is 8.09. The van der Waals surface area contributed by atoms with Gasteiger partial charge in [-0.2, -0.15) is 0 Å². The quantitative estimate of drug-likeness (QED) is 0.804. The van der Waals surface area contributed by atoms with Crippen LogP contribution < -0.4 is 5.32 Å². The molecule has 0 aromatic heterocycles. The molecule has 1 aromatic rings. The van der Waals surface area contributed by atoms with Gasteiger partial charge >= 0.3 is 0 Å². The summed E-state index contributed by atoms with van der Waals surface area (Å²) in [4.78, 5) is 11.9. The second-order valence-electron chi connectivity index (χ2n) is 5.01. The Morgan fingerprint density at radius 3 is 2.76 bits per heavy atom. The third kappa shape index (κ3) is 4.31. The minimum absolute atomic E-state index is 0.0482. The van der Waals surface area contributed by atoms with Crippen molar-refractivity contribution < 1.29 is 22.0 Å². The van der Waals surface area contributed by atoms with Crippen LogP contribution in [-0.4, -0.2) is 38.3 Å². The van der Waals surface area contributed by atoms with Crippen LogP contribution in [0.15, 0.2) is 16.6 Å². The first-order chi connectivity index (χ1) is 9.78. The summed E-state index contributed by atoms with van der Waals surface area (Å²) >= 11 is 2.94. The van der Waals surface area contributed by atoms with Crippen LogP contribution >= 0.6 is 15.9 Å². The van der Waals surface area contributed by atoms with Crippen LogP contribution in [0.2, 0.25) is 0 Å². The van der Waals surface area contributed by atoms with E-state index in [1.165, 1.54) is 6.07 Å². The molecule has 1 N–H and O–H groups in total. The Morgan fingerprint density at radius 2 is 2.10 bits per heavy atom. The third-order valence-electron chi connectivity index (χ3n) is 3.29. The second kappa shape index (κ2) is 6.50. The molecule has 1 heterocycles. The van der Waals surface area contributed by atoms with Crippen LogP contribution in [0.3, 0.4) is 0 Å². The lowest BCUT2D eigenvalue weighted by molar-refractivity contribution is -0.118. The Hall–Kier alpha value is -0.860. The molecular weight excluding hydrogens is 368 g/mol. The van der Waals surface area contributed by atoms with Gasteiger partial charge in [0.15, 0.2) is 9.84 Å². The highest BCUT2D eigenvalue weighted by atomic mass is 79.9. The molecule has 1 aromatic carbocycles. The molecule has 0 amide bonds. The molecule has 1 atom stereocenters. The van der Waals surface area contributed by atoms with Gasteiger partial charge in [-0.05, 0) is 28.1 Å². The van der Waals surface area contributed by atoms with Crippen molar-refractivity contribution >= 4 is 31.6 Å². The minimum atomic E-state index is -3.14. The maximum absolute atomic E-state index is 13.8. The van der Waals surface area contributed by atoms with E-state index in [-0.39, 0.29) is 28.0 Å². The van der Waals surface area contributed by atoms with Gasteiger partial charge in [-0.15, -0.1) is 0 Å². The van der Waals surface area contributed by atoms with Gasteiger partial charge in [0.1, 0.15) is 17.4 Å². The third-order valence-corrected chi connectivity index (χ3v) is 5.64. The predicted octanol–water partition coefficient (Wildman–Crippen LogP) is 1.62. The number of rotatable bonds is 4. The molecule has 116 valence electrons. The van der Waals surface area contributed by atoms with Crippen molar-refractivity contribution in [1.82, 2.24) is 5.32 Å². The van der Waals surface area contributed by atoms with Crippen molar-refractivity contribution in [2.24, 2.45) is 0 Å². The monoisotopic (exact) mass is 381 g/mol. The van der Waals surface area contributed by atoms with E-state index in [0.29, 0.717) is 6.54 Å². The van der Waals surface area contributed by atoms with E-state index < -0.39 is 39.7 Å². The smallest absolute Gasteiger partial charge is 0.153 e. The fourth-order valence-electron chi connectivity index (χ4n) is 2.27. The van der Waals surface area contributed by atoms with E-state index in [1.807, 2.05) is 0 Å². The van der Waals surface area contributed by atoms with Crippen molar-refractivity contribution in [3.63, 3.8) is 0 Å². The van der Waals surface area contributed by atoms with Crippen molar-refractivity contribution in [2.45, 2.75) is 18.9 Å². The van der Waals surface area contributed by atoms with Crippen LogP contribution in [0.4, 0.5) is 8.78 Å². The highest BCUT2D eigenvalue weighted by Gasteiger charge is 2.26. The molecule has 0 radical (unpaired) electrons. The first kappa shape index (κ1) is 16.5. The zero-order valence-electron chi connectivity index (χ0n) is 11.0. The molecule has 1 saturated heterocycles. The van der Waals surface area contributed by atoms with Crippen molar-refractivity contribution in [2.75, 3.05) is 18.1 Å². The molecule has 0 aliphatic carbocycles. The van der Waals surface area contributed by atoms with Crippen LogP contribution in [0.5, 0.6) is 0 Å². The molecule has 21 heavy (non-hydrogen) atoms. The molecule has 0 spiro atoms. The van der Waals surface area contributed by atoms with Gasteiger partial charge in [-0.1, -0.05) is 0 Å². The van der Waals surface area contributed by atoms with E-state index in [2.05, 4.69) is 21.2 Å². The van der Waals surface area contributed by atoms with Gasteiger partial charge in [0.25, 0.3) is 0 Å². The molecule has 1 fully saturated rings. The summed E-state index contributed by atoms with van der Waals surface area (Å²) in [5, 5.41) is 2.94. The highest BCUT2D eigenvalue weighted by molar-refractivity contribution is 9.10. The summed E-state index contributed by atoms with van der Waals surface area (Å²) < 4.78 is 50.4. The van der Waals surface area contributed by atoms with E-state index in [9.17, 15) is 22.0 Å². The SMILES string of the molecule is O=C(Cc1c(F)ccc(Br)c1F)CC1CS(=O)(=O)CCN1. The fraction of sp³-hybridized carbons (Fsp3) is 0.462. The molecule has 0 bridgehead atoms. The van der Waals surface area contributed by atoms with Gasteiger partial charge in [-0.25, -0.2) is 17.2 Å². The van der Waals surface area contributed by atoms with E-state index in [1.54, 1.807) is 0 Å². The zero-order valence-corrected chi connectivity index (χ0v) is 13.4. The Bertz CT molecular complexity index is 664. The molecule has 0 saturated carbocycles. The largest absolute Gasteiger partial charge is 0.312 e. The van der Waals surface area contributed by atoms with Crippen LogP contribution in [0.1, 0.15) is 12.0 Å². The maximum Gasteiger partial charge on any atom is 0.153 e. The van der Waals surface area contributed by atoms with Crippen LogP contribution in [0.25, 0.3) is 0 Å². The zero-order chi connectivity index (χ0) is 15.6. The van der Waals surface area contributed by atoms with E-state index in [0.717, 1.165) is 6.07 Å². The fourth-order valence-corrected chi connectivity index (χ4v) is 4.09. The van der Waals surface area contributed by atoms with Gasteiger partial charge < -0.3 is 5.32 Å². The summed E-state index contributed by atoms with van der Waals surface area (Å²) in [6.45, 7) is 0.292. The van der Waals surface area contributed by atoms with Crippen LogP contribution in [0, 0.1) is 11.6 Å². The lowest BCUT2D eigenvalue weighted by Crippen LogP contribution is -2.46. The summed E-state index contributed by atoms with van der Waals surface area (Å²) in [6, 6.07) is 1.82. The number of ketones is 1. The summed E-state index contributed by atoms with van der Waals surface area (Å²) in [5.41, 5.74) is -0.298. The van der Waals surface area contributed by atoms with Crippen LogP contribution in [-0.2, 0) is 21.1 Å². The number of hydrogen-bond acceptors (Lipinski definition) is 4. The Morgan fingerprint density at radius 1 is 1.38 bits per heavy atom.